The Morgan fingerprint density at radius 1 is 1.10 bits per heavy atom. The highest BCUT2D eigenvalue weighted by Crippen LogP contribution is 2.33. The molecule has 1 aliphatic rings. The van der Waals surface area contributed by atoms with Crippen molar-refractivity contribution in [3.8, 4) is 16.9 Å². The van der Waals surface area contributed by atoms with Crippen molar-refractivity contribution in [3.63, 3.8) is 0 Å². The predicted molar refractivity (Wildman–Crippen MR) is 87.9 cm³/mol. The van der Waals surface area contributed by atoms with Crippen molar-refractivity contribution >= 4 is 0 Å². The van der Waals surface area contributed by atoms with Gasteiger partial charge in [0.2, 0.25) is 0 Å². The van der Waals surface area contributed by atoms with Gasteiger partial charge in [0.15, 0.2) is 0 Å². The van der Waals surface area contributed by atoms with Crippen molar-refractivity contribution < 1.29 is 4.74 Å². The fourth-order valence-electron chi connectivity index (χ4n) is 3.05. The highest BCUT2D eigenvalue weighted by atomic mass is 16.5. The number of ether oxygens (including phenoxy) is 1. The molecule has 3 rings (SSSR count). The van der Waals surface area contributed by atoms with E-state index in [-0.39, 0.29) is 6.10 Å². The first-order valence-corrected chi connectivity index (χ1v) is 7.81. The first kappa shape index (κ1) is 14.2. The van der Waals surface area contributed by atoms with Crippen molar-refractivity contribution in [2.75, 3.05) is 13.1 Å². The van der Waals surface area contributed by atoms with E-state index in [4.69, 9.17) is 4.74 Å². The molecule has 0 spiro atoms. The van der Waals surface area contributed by atoms with E-state index in [9.17, 15) is 0 Å². The fourth-order valence-corrected chi connectivity index (χ4v) is 3.05. The lowest BCUT2D eigenvalue weighted by atomic mass is 9.90. The Bertz CT molecular complexity index is 600. The molecule has 2 aromatic carbocycles. The molecular weight excluding hydrogens is 258 g/mol. The lowest BCUT2D eigenvalue weighted by Crippen LogP contribution is -2.08. The van der Waals surface area contributed by atoms with E-state index in [0.717, 1.165) is 18.8 Å². The van der Waals surface area contributed by atoms with Crippen molar-refractivity contribution in [2.45, 2.75) is 32.3 Å². The molecule has 1 saturated heterocycles. The molecular formula is C19H23NO. The van der Waals surface area contributed by atoms with Crippen LogP contribution in [0.5, 0.6) is 5.75 Å². The van der Waals surface area contributed by atoms with Gasteiger partial charge in [-0.25, -0.2) is 0 Å². The van der Waals surface area contributed by atoms with Gasteiger partial charge in [-0.3, -0.25) is 0 Å². The lowest BCUT2D eigenvalue weighted by molar-refractivity contribution is 0.242. The third-order valence-electron chi connectivity index (χ3n) is 3.98. The van der Waals surface area contributed by atoms with E-state index in [1.54, 1.807) is 0 Å². The maximum atomic E-state index is 5.83. The summed E-state index contributed by atoms with van der Waals surface area (Å²) in [4.78, 5) is 0. The van der Waals surface area contributed by atoms with Crippen LogP contribution in [0.4, 0.5) is 0 Å². The molecule has 0 amide bonds. The van der Waals surface area contributed by atoms with Crippen LogP contribution < -0.4 is 10.1 Å². The van der Waals surface area contributed by atoms with Gasteiger partial charge in [-0.2, -0.15) is 0 Å². The molecule has 1 heterocycles. The van der Waals surface area contributed by atoms with Gasteiger partial charge in [0, 0.05) is 6.54 Å². The minimum absolute atomic E-state index is 0.203. The molecule has 1 atom stereocenters. The van der Waals surface area contributed by atoms with Crippen LogP contribution in [0.1, 0.15) is 31.7 Å². The normalized spacial score (nSPS) is 18.1. The van der Waals surface area contributed by atoms with Gasteiger partial charge in [0.25, 0.3) is 0 Å². The Hall–Kier alpha value is -1.80. The SMILES string of the molecule is CC(C)Oc1cccc(-c2ccccc2C2CCNC2)c1. The largest absolute Gasteiger partial charge is 0.491 e. The van der Waals surface area contributed by atoms with E-state index < -0.39 is 0 Å². The van der Waals surface area contributed by atoms with Crippen molar-refractivity contribution in [2.24, 2.45) is 0 Å². The molecule has 1 unspecified atom stereocenters. The fraction of sp³-hybridized carbons (Fsp3) is 0.368. The first-order chi connectivity index (χ1) is 10.2. The predicted octanol–water partition coefficient (Wildman–Crippen LogP) is 4.22. The van der Waals surface area contributed by atoms with Crippen LogP contribution in [0, 0.1) is 0 Å². The molecule has 0 aromatic heterocycles. The quantitative estimate of drug-likeness (QED) is 0.906. The van der Waals surface area contributed by atoms with Crippen molar-refractivity contribution in [1.29, 1.82) is 0 Å². The van der Waals surface area contributed by atoms with Crippen LogP contribution in [-0.2, 0) is 0 Å². The van der Waals surface area contributed by atoms with Gasteiger partial charge in [-0.15, -0.1) is 0 Å². The van der Waals surface area contributed by atoms with Crippen LogP contribution in [0.15, 0.2) is 48.5 Å². The summed E-state index contributed by atoms with van der Waals surface area (Å²) >= 11 is 0. The van der Waals surface area contributed by atoms with Gasteiger partial charge < -0.3 is 10.1 Å². The van der Waals surface area contributed by atoms with Gasteiger partial charge in [0.1, 0.15) is 5.75 Å². The summed E-state index contributed by atoms with van der Waals surface area (Å²) in [5.74, 6) is 1.57. The molecule has 1 N–H and O–H groups in total. The smallest absolute Gasteiger partial charge is 0.120 e. The van der Waals surface area contributed by atoms with Crippen LogP contribution in [0.2, 0.25) is 0 Å². The van der Waals surface area contributed by atoms with E-state index in [2.05, 4.69) is 61.6 Å². The van der Waals surface area contributed by atoms with Crippen molar-refractivity contribution in [3.05, 3.63) is 54.1 Å². The van der Waals surface area contributed by atoms with E-state index >= 15 is 0 Å². The molecule has 0 bridgehead atoms. The maximum absolute atomic E-state index is 5.83. The second kappa shape index (κ2) is 6.31. The summed E-state index contributed by atoms with van der Waals surface area (Å²) in [6.45, 7) is 6.32. The summed E-state index contributed by atoms with van der Waals surface area (Å²) in [6, 6.07) is 17.2. The summed E-state index contributed by atoms with van der Waals surface area (Å²) in [6.07, 6.45) is 1.42. The Labute approximate surface area is 127 Å². The van der Waals surface area contributed by atoms with Crippen LogP contribution in [-0.4, -0.2) is 19.2 Å². The minimum Gasteiger partial charge on any atom is -0.491 e. The Morgan fingerprint density at radius 2 is 1.95 bits per heavy atom. The van der Waals surface area contributed by atoms with Gasteiger partial charge in [-0.1, -0.05) is 36.4 Å². The molecule has 1 aliphatic heterocycles. The van der Waals surface area contributed by atoms with Gasteiger partial charge in [-0.05, 0) is 61.6 Å². The van der Waals surface area contributed by atoms with Gasteiger partial charge >= 0.3 is 0 Å². The summed E-state index contributed by atoms with van der Waals surface area (Å²) < 4.78 is 5.83. The third-order valence-corrected chi connectivity index (χ3v) is 3.98. The molecule has 0 radical (unpaired) electrons. The van der Waals surface area contributed by atoms with Crippen molar-refractivity contribution in [1.82, 2.24) is 5.32 Å². The van der Waals surface area contributed by atoms with E-state index in [0.29, 0.717) is 5.92 Å². The zero-order chi connectivity index (χ0) is 14.7. The summed E-state index contributed by atoms with van der Waals surface area (Å²) in [5, 5.41) is 3.46. The van der Waals surface area contributed by atoms with Crippen LogP contribution in [0.25, 0.3) is 11.1 Å². The molecule has 2 nitrogen and oxygen atoms in total. The molecule has 2 aromatic rings. The zero-order valence-electron chi connectivity index (χ0n) is 12.8. The molecule has 1 fully saturated rings. The highest BCUT2D eigenvalue weighted by molar-refractivity contribution is 5.69. The zero-order valence-corrected chi connectivity index (χ0v) is 12.8. The number of nitrogens with one attached hydrogen (secondary N) is 1. The lowest BCUT2D eigenvalue weighted by Gasteiger charge is -2.16. The van der Waals surface area contributed by atoms with Crippen LogP contribution in [0.3, 0.4) is 0 Å². The summed E-state index contributed by atoms with van der Waals surface area (Å²) in [5.41, 5.74) is 4.03. The first-order valence-electron chi connectivity index (χ1n) is 7.81. The number of rotatable bonds is 4. The average Bonchev–Trinajstić information content (AvgIpc) is 3.01. The Kier molecular flexibility index (Phi) is 4.26. The standard InChI is InChI=1S/C19H23NO/c1-14(2)21-17-7-5-6-15(12-17)18-8-3-4-9-19(18)16-10-11-20-13-16/h3-9,12,14,16,20H,10-11,13H2,1-2H3. The Morgan fingerprint density at radius 3 is 2.71 bits per heavy atom. The highest BCUT2D eigenvalue weighted by Gasteiger charge is 2.19. The van der Waals surface area contributed by atoms with Crippen LogP contribution >= 0.6 is 0 Å². The molecule has 0 aliphatic carbocycles. The van der Waals surface area contributed by atoms with Gasteiger partial charge in [0.05, 0.1) is 6.10 Å². The Balaban J connectivity index is 1.96. The van der Waals surface area contributed by atoms with E-state index in [1.165, 1.54) is 23.1 Å². The number of hydrogen-bond donors (Lipinski definition) is 1. The average molecular weight is 281 g/mol. The molecule has 2 heteroatoms. The minimum atomic E-state index is 0.203. The number of hydrogen-bond acceptors (Lipinski definition) is 2. The molecule has 0 saturated carbocycles. The second-order valence-electron chi connectivity index (χ2n) is 5.97. The topological polar surface area (TPSA) is 21.3 Å². The summed E-state index contributed by atoms with van der Waals surface area (Å²) in [7, 11) is 0. The molecule has 110 valence electrons. The maximum Gasteiger partial charge on any atom is 0.120 e. The number of benzene rings is 2. The second-order valence-corrected chi connectivity index (χ2v) is 5.97. The molecule has 21 heavy (non-hydrogen) atoms. The monoisotopic (exact) mass is 281 g/mol. The third kappa shape index (κ3) is 3.27. The van der Waals surface area contributed by atoms with E-state index in [1.807, 2.05) is 6.07 Å².